The Balaban J connectivity index is 0.000000146. The summed E-state index contributed by atoms with van der Waals surface area (Å²) >= 11 is 12.8. The summed E-state index contributed by atoms with van der Waals surface area (Å²) in [5.41, 5.74) is 31.9. The topological polar surface area (TPSA) is 313 Å². The molecule has 20 nitrogen and oxygen atoms in total. The third-order valence-corrected chi connectivity index (χ3v) is 27.6. The molecule has 0 atom stereocenters. The minimum Gasteiger partial charge on any atom is -0.444 e. The standard InChI is InChI=1S/C34H35N3O3.C29H28ClN3O2.C29H28ClN3O.C29H27N3O.C5H8O.ClH/c1-32(2,3)40-31(38)37-34(18-9-19-34)25-14-12-24(13-15-25)30-26(23-10-7-6-8-11-23)22-27-28(16-20-33(4,5)39)35-21-17-29(27)36-30;1-28(2,3)35-27(34)33-29(15-7-16-29)21-12-10-20(11-13-21)25-22(19-8-5-4-6-9-19)18-23-24(32-25)14-17-31-26(23)30;1-28(2,34)26(30)18-25-23-17-22(19-7-4-3-5-8-19)27(33-24(23)13-16-32-25)20-9-11-21(12-10-20)29(31)14-6-15-29;1-28(2,33)17-13-25-24-19-23(20-7-4-3-5-8-20)27(32-26(24)14-18-31-25)21-9-11-22(12-10-21)29(30)15-6-16-29;1-4-5(2,3)6;/h6-8,10-15,17,21-22,39H,9,18-19H2,1-5H3,(H,37,38);4-6,8-14,17-18H,7,15-16H2,1-3H3,(H,33,34);3-5,7-13,16-18,34H,6,14-15,31H2,1-2H3;3-5,7-12,14,18-19,33H,6,15-16,30H2,1-2H3;1,6H,2-3H3;1H. The van der Waals surface area contributed by atoms with Crippen LogP contribution in [0.25, 0.3) is 139 Å². The maximum atomic E-state index is 12.6. The van der Waals surface area contributed by atoms with Crippen LogP contribution in [0.5, 0.6) is 0 Å². The van der Waals surface area contributed by atoms with Crippen LogP contribution in [0.4, 0.5) is 9.59 Å². The van der Waals surface area contributed by atoms with Gasteiger partial charge in [0.1, 0.15) is 44.5 Å². The molecule has 10 N–H and O–H groups in total. The van der Waals surface area contributed by atoms with Crippen LogP contribution < -0.4 is 22.1 Å². The van der Waals surface area contributed by atoms with Crippen LogP contribution in [0.3, 0.4) is 0 Å². The summed E-state index contributed by atoms with van der Waals surface area (Å²) in [6.07, 6.45) is 24.7. The fraction of sp³-hybridized carbons (Fsp3) is 0.286. The molecule has 8 aromatic heterocycles. The molecule has 4 fully saturated rings. The fourth-order valence-corrected chi connectivity index (χ4v) is 18.5. The molecular weight excluding hydrogens is 1920 g/mol. The fourth-order valence-electron chi connectivity index (χ4n) is 18.2. The molecule has 4 saturated carbocycles. The van der Waals surface area contributed by atoms with Crippen LogP contribution in [0, 0.1) is 36.0 Å². The molecule has 0 aliphatic heterocycles. The predicted octanol–water partition coefficient (Wildman–Crippen LogP) is 27.4. The lowest BCUT2D eigenvalue weighted by atomic mass is 9.71. The summed E-state index contributed by atoms with van der Waals surface area (Å²) in [5, 5.41) is 49.5. The van der Waals surface area contributed by atoms with Gasteiger partial charge in [-0.05, 0) is 285 Å². The van der Waals surface area contributed by atoms with E-state index in [1.165, 1.54) is 24.0 Å². The van der Waals surface area contributed by atoms with Gasteiger partial charge in [-0.15, -0.1) is 18.8 Å². The first-order valence-corrected chi connectivity index (χ1v) is 51.0. The first-order valence-electron chi connectivity index (χ1n) is 50.2. The van der Waals surface area contributed by atoms with E-state index in [0.717, 1.165) is 208 Å². The van der Waals surface area contributed by atoms with E-state index < -0.39 is 45.2 Å². The van der Waals surface area contributed by atoms with Crippen molar-refractivity contribution in [2.24, 2.45) is 11.5 Å². The number of pyridine rings is 8. The van der Waals surface area contributed by atoms with Crippen LogP contribution in [0.15, 0.2) is 297 Å². The Morgan fingerprint density at radius 1 is 0.369 bits per heavy atom. The second-order valence-corrected chi connectivity index (χ2v) is 43.5. The Kier molecular flexibility index (Phi) is 32.8. The van der Waals surface area contributed by atoms with Crippen molar-refractivity contribution in [2.75, 3.05) is 0 Å². The summed E-state index contributed by atoms with van der Waals surface area (Å²) in [4.78, 5) is 63.0. The summed E-state index contributed by atoms with van der Waals surface area (Å²) in [6, 6.07) is 90.4. The molecule has 0 bridgehead atoms. The number of nitrogens with one attached hydrogen (secondary N) is 2. The molecule has 20 rings (SSSR count). The number of halogens is 3. The zero-order chi connectivity index (χ0) is 105. The van der Waals surface area contributed by atoms with Gasteiger partial charge >= 0.3 is 12.2 Å². The summed E-state index contributed by atoms with van der Waals surface area (Å²) in [5.74, 6) is 14.0. The van der Waals surface area contributed by atoms with E-state index >= 15 is 0 Å². The molecular formula is C126H127Cl3N12O8. The number of carbonyl (C=O) groups excluding carboxylic acids is 2. The van der Waals surface area contributed by atoms with Crippen molar-refractivity contribution in [3.63, 3.8) is 0 Å². The van der Waals surface area contributed by atoms with Crippen LogP contribution in [0.2, 0.25) is 5.15 Å². The molecule has 0 radical (unpaired) electrons. The third kappa shape index (κ3) is 26.7. The van der Waals surface area contributed by atoms with E-state index in [4.69, 9.17) is 75.6 Å². The van der Waals surface area contributed by atoms with E-state index in [0.29, 0.717) is 27.3 Å². The quantitative estimate of drug-likeness (QED) is 0.0329. The third-order valence-electron chi connectivity index (χ3n) is 26.7. The Bertz CT molecular complexity index is 7750. The first-order chi connectivity index (χ1) is 70.3. The van der Waals surface area contributed by atoms with Gasteiger partial charge < -0.3 is 52.0 Å². The minimum atomic E-state index is -1.15. The lowest BCUT2D eigenvalue weighted by Gasteiger charge is -2.43. The number of rotatable bonds is 16. The molecule has 149 heavy (non-hydrogen) atoms. The smallest absolute Gasteiger partial charge is 0.408 e. The van der Waals surface area contributed by atoms with Gasteiger partial charge in [0, 0.05) is 102 Å². The van der Waals surface area contributed by atoms with Crippen LogP contribution in [-0.2, 0) is 31.6 Å². The number of nitrogens with two attached hydrogens (primary N) is 2. The molecule has 760 valence electrons. The lowest BCUT2D eigenvalue weighted by Crippen LogP contribution is -2.52. The van der Waals surface area contributed by atoms with Crippen molar-refractivity contribution >= 4 is 97.5 Å². The minimum absolute atomic E-state index is 0. The van der Waals surface area contributed by atoms with Gasteiger partial charge in [0.2, 0.25) is 0 Å². The largest absolute Gasteiger partial charge is 0.444 e. The molecule has 4 aliphatic rings. The Labute approximate surface area is 889 Å². The number of aromatic nitrogens is 8. The number of hydrogen-bond donors (Lipinski definition) is 8. The molecule has 2 amide bonds. The number of hydrogen-bond acceptors (Lipinski definition) is 18. The highest BCUT2D eigenvalue weighted by Crippen LogP contribution is 2.48. The van der Waals surface area contributed by atoms with Gasteiger partial charge in [-0.3, -0.25) is 4.98 Å². The number of nitrogens with zero attached hydrogens (tertiary/aromatic N) is 8. The molecule has 16 aromatic rings. The van der Waals surface area contributed by atoms with Crippen LogP contribution in [0.1, 0.15) is 213 Å². The number of ether oxygens (including phenoxy) is 2. The molecule has 0 unspecified atom stereocenters. The molecule has 23 heteroatoms. The SMILES string of the molecule is C#CC(C)(C)O.CC(C)(C)OC(=O)NC1(c2ccc(-c3nc4ccnc(Cl)c4cc3-c3ccccc3)cc2)CCC1.CC(C)(O)C#Cc1nccc2nc(-c3ccc(C4(N)CCC4)cc3)c(-c3ccccc3)cc12.CC(C)(O)C#Cc1nccc2nc(-c3ccc(C4(NC(=O)OC(C)(C)C)CCC4)cc3)c(-c3ccccc3)cc12.CC(C)(O)C(Cl)=Cc1nccc2nc(-c3ccc(C4(N)CCC4)cc3)c(-c3ccccc3)cc12.Cl. The lowest BCUT2D eigenvalue weighted by molar-refractivity contribution is 0.0365. The van der Waals surface area contributed by atoms with E-state index in [-0.39, 0.29) is 35.1 Å². The van der Waals surface area contributed by atoms with Crippen LogP contribution >= 0.6 is 35.6 Å². The monoisotopic (exact) mass is 2040 g/mol. The maximum absolute atomic E-state index is 12.6. The summed E-state index contributed by atoms with van der Waals surface area (Å²) < 4.78 is 11.1. The molecule has 8 aromatic carbocycles. The number of carbonyl (C=O) groups is 2. The normalized spacial score (nSPS) is 14.7. The maximum Gasteiger partial charge on any atom is 0.408 e. The first kappa shape index (κ1) is 109. The molecule has 8 heterocycles. The Morgan fingerprint density at radius 2 is 0.644 bits per heavy atom. The average Bonchev–Trinajstić information content (AvgIpc) is 0.761. The molecule has 0 saturated heterocycles. The van der Waals surface area contributed by atoms with Crippen molar-refractivity contribution in [1.82, 2.24) is 50.5 Å². The van der Waals surface area contributed by atoms with Crippen molar-refractivity contribution in [2.45, 2.75) is 230 Å². The van der Waals surface area contributed by atoms with Crippen molar-refractivity contribution < 1.29 is 39.5 Å². The number of terminal acetylenes is 1. The van der Waals surface area contributed by atoms with E-state index in [1.54, 1.807) is 86.3 Å². The van der Waals surface area contributed by atoms with Gasteiger partial charge in [0.15, 0.2) is 0 Å². The Morgan fingerprint density at radius 3 is 0.919 bits per heavy atom. The second-order valence-electron chi connectivity index (χ2n) is 42.7. The average molecular weight is 2040 g/mol. The number of amides is 2. The molecule has 4 aliphatic carbocycles. The van der Waals surface area contributed by atoms with E-state index in [9.17, 15) is 24.9 Å². The van der Waals surface area contributed by atoms with Gasteiger partial charge in [-0.2, -0.15) is 0 Å². The number of alkyl carbamates (subject to hydrolysis) is 2. The summed E-state index contributed by atoms with van der Waals surface area (Å²) in [6.45, 7) is 24.3. The van der Waals surface area contributed by atoms with Gasteiger partial charge in [-0.1, -0.05) is 259 Å². The van der Waals surface area contributed by atoms with Crippen LogP contribution in [-0.4, -0.2) is 106 Å². The van der Waals surface area contributed by atoms with Crippen molar-refractivity contribution in [3.05, 3.63) is 341 Å². The summed E-state index contributed by atoms with van der Waals surface area (Å²) in [7, 11) is 0. The number of aliphatic hydroxyl groups is 4. The van der Waals surface area contributed by atoms with E-state index in [1.807, 2.05) is 139 Å². The predicted molar refractivity (Wildman–Crippen MR) is 605 cm³/mol. The number of fused-ring (bicyclic) bond motifs is 4. The van der Waals surface area contributed by atoms with Gasteiger partial charge in [0.25, 0.3) is 0 Å². The molecule has 0 spiro atoms. The Hall–Kier alpha value is -14.4. The highest BCUT2D eigenvalue weighted by Gasteiger charge is 2.44. The second kappa shape index (κ2) is 44.9. The zero-order valence-electron chi connectivity index (χ0n) is 86.7. The van der Waals surface area contributed by atoms with Crippen molar-refractivity contribution in [1.29, 1.82) is 0 Å². The highest BCUT2D eigenvalue weighted by atomic mass is 35.5. The van der Waals surface area contributed by atoms with E-state index in [2.05, 4.69) is 230 Å². The highest BCUT2D eigenvalue weighted by molar-refractivity contribution is 6.34. The van der Waals surface area contributed by atoms with Crippen molar-refractivity contribution in [3.8, 4) is 126 Å². The van der Waals surface area contributed by atoms with Gasteiger partial charge in [0.05, 0.1) is 72.2 Å². The van der Waals surface area contributed by atoms with Gasteiger partial charge in [-0.25, -0.2) is 44.5 Å². The number of benzene rings is 8. The zero-order valence-corrected chi connectivity index (χ0v) is 89.0.